The molecule has 0 saturated carbocycles. The van der Waals surface area contributed by atoms with E-state index in [0.717, 1.165) is 17.4 Å². The Morgan fingerprint density at radius 2 is 2.12 bits per heavy atom. The average molecular weight is 391 g/mol. The van der Waals surface area contributed by atoms with Gasteiger partial charge in [-0.15, -0.1) is 11.3 Å². The van der Waals surface area contributed by atoms with Gasteiger partial charge in [0.2, 0.25) is 10.0 Å². The first kappa shape index (κ1) is 17.7. The number of furan rings is 1. The van der Waals surface area contributed by atoms with Gasteiger partial charge in [-0.1, -0.05) is 0 Å². The second-order valence-corrected chi connectivity index (χ2v) is 8.09. The molecule has 0 unspecified atom stereocenters. The van der Waals surface area contributed by atoms with E-state index >= 15 is 0 Å². The van der Waals surface area contributed by atoms with Gasteiger partial charge < -0.3 is 4.42 Å². The third kappa shape index (κ3) is 3.78. The van der Waals surface area contributed by atoms with Crippen LogP contribution < -0.4 is 4.72 Å². The van der Waals surface area contributed by atoms with E-state index in [1.807, 2.05) is 5.10 Å². The molecular formula is C14H12F3N3O3S2. The van der Waals surface area contributed by atoms with Crippen LogP contribution in [0.1, 0.15) is 16.3 Å². The van der Waals surface area contributed by atoms with Gasteiger partial charge in [-0.05, 0) is 31.2 Å². The highest BCUT2D eigenvalue weighted by Crippen LogP contribution is 2.35. The Hall–Kier alpha value is -2.11. The molecule has 0 radical (unpaired) electrons. The number of hydrogen-bond acceptors (Lipinski definition) is 5. The van der Waals surface area contributed by atoms with Crippen LogP contribution in [0.3, 0.4) is 0 Å². The summed E-state index contributed by atoms with van der Waals surface area (Å²) in [6, 6.07) is 5.41. The minimum Gasteiger partial charge on any atom is -0.468 e. The van der Waals surface area contributed by atoms with Crippen molar-refractivity contribution in [3.63, 3.8) is 0 Å². The van der Waals surface area contributed by atoms with Gasteiger partial charge >= 0.3 is 6.18 Å². The number of H-pyrrole nitrogens is 1. The Morgan fingerprint density at radius 1 is 1.36 bits per heavy atom. The van der Waals surface area contributed by atoms with Crippen LogP contribution in [-0.2, 0) is 22.7 Å². The number of aromatic nitrogens is 2. The van der Waals surface area contributed by atoms with Crippen molar-refractivity contribution in [2.24, 2.45) is 0 Å². The van der Waals surface area contributed by atoms with Crippen LogP contribution in [-0.4, -0.2) is 18.6 Å². The molecule has 0 aromatic carbocycles. The molecule has 3 aromatic heterocycles. The van der Waals surface area contributed by atoms with Gasteiger partial charge in [0.1, 0.15) is 17.1 Å². The van der Waals surface area contributed by atoms with E-state index in [2.05, 4.69) is 9.82 Å². The highest BCUT2D eigenvalue weighted by Gasteiger charge is 2.33. The Morgan fingerprint density at radius 3 is 2.72 bits per heavy atom. The first-order valence-electron chi connectivity index (χ1n) is 6.92. The molecule has 0 spiro atoms. The third-order valence-corrected chi connectivity index (χ3v) is 6.04. The Kier molecular flexibility index (Phi) is 4.47. The molecule has 3 heterocycles. The number of rotatable bonds is 5. The average Bonchev–Trinajstić information content (AvgIpc) is 3.24. The topological polar surface area (TPSA) is 88.0 Å². The number of aryl methyl sites for hydroxylation is 1. The molecule has 0 aliphatic heterocycles. The predicted molar refractivity (Wildman–Crippen MR) is 84.4 cm³/mol. The van der Waals surface area contributed by atoms with E-state index in [0.29, 0.717) is 15.5 Å². The minimum absolute atomic E-state index is 0.00406. The number of hydrogen-bond donors (Lipinski definition) is 2. The van der Waals surface area contributed by atoms with Crippen LogP contribution in [0.5, 0.6) is 0 Å². The highest BCUT2D eigenvalue weighted by molar-refractivity contribution is 7.89. The number of thiophene rings is 1. The number of halogens is 3. The summed E-state index contributed by atoms with van der Waals surface area (Å²) in [4.78, 5) is 0.761. The second kappa shape index (κ2) is 6.32. The number of sulfonamides is 1. The molecule has 0 fully saturated rings. The quantitative estimate of drug-likeness (QED) is 0.696. The molecule has 0 amide bonds. The molecular weight excluding hydrogens is 379 g/mol. The molecule has 0 bridgehead atoms. The van der Waals surface area contributed by atoms with Gasteiger partial charge in [-0.25, -0.2) is 13.1 Å². The normalized spacial score (nSPS) is 12.6. The van der Waals surface area contributed by atoms with Crippen LogP contribution >= 0.6 is 11.3 Å². The van der Waals surface area contributed by atoms with E-state index < -0.39 is 21.9 Å². The van der Waals surface area contributed by atoms with Crippen LogP contribution in [0.2, 0.25) is 0 Å². The molecule has 25 heavy (non-hydrogen) atoms. The smallest absolute Gasteiger partial charge is 0.432 e. The van der Waals surface area contributed by atoms with Gasteiger partial charge in [0.05, 0.1) is 22.6 Å². The minimum atomic E-state index is -4.54. The molecule has 0 aliphatic carbocycles. The van der Waals surface area contributed by atoms with Crippen molar-refractivity contribution < 1.29 is 26.0 Å². The lowest BCUT2D eigenvalue weighted by Gasteiger charge is -2.04. The molecule has 0 saturated heterocycles. The maximum Gasteiger partial charge on any atom is 0.432 e. The SMILES string of the molecule is Cc1sc(-c2cc(C(F)(F)F)[nH]n2)cc1S(=O)(=O)NCc1ccco1. The van der Waals surface area contributed by atoms with Gasteiger partial charge in [0, 0.05) is 4.88 Å². The molecule has 134 valence electrons. The number of alkyl halides is 3. The summed E-state index contributed by atoms with van der Waals surface area (Å²) in [5.41, 5.74) is -0.957. The van der Waals surface area contributed by atoms with E-state index in [9.17, 15) is 21.6 Å². The van der Waals surface area contributed by atoms with E-state index in [4.69, 9.17) is 4.42 Å². The van der Waals surface area contributed by atoms with Gasteiger partial charge in [-0.3, -0.25) is 5.10 Å². The van der Waals surface area contributed by atoms with E-state index in [1.165, 1.54) is 12.3 Å². The van der Waals surface area contributed by atoms with Crippen molar-refractivity contribution in [2.45, 2.75) is 24.5 Å². The van der Waals surface area contributed by atoms with Crippen LogP contribution in [0, 0.1) is 6.92 Å². The van der Waals surface area contributed by atoms with Crippen molar-refractivity contribution in [2.75, 3.05) is 0 Å². The van der Waals surface area contributed by atoms with E-state index in [-0.39, 0.29) is 17.1 Å². The van der Waals surface area contributed by atoms with Gasteiger partial charge in [0.15, 0.2) is 0 Å². The summed E-state index contributed by atoms with van der Waals surface area (Å²) in [5, 5.41) is 5.52. The fourth-order valence-electron chi connectivity index (χ4n) is 2.11. The number of aromatic amines is 1. The van der Waals surface area contributed by atoms with Crippen molar-refractivity contribution in [1.82, 2.24) is 14.9 Å². The standard InChI is InChI=1S/C14H12F3N3O3S2/c1-8-12(25(21,22)18-7-9-3-2-4-23-9)6-11(24-8)10-5-13(20-19-10)14(15,16)17/h2-6,18H,7H2,1H3,(H,19,20). The van der Waals surface area contributed by atoms with Crippen LogP contribution in [0.15, 0.2) is 39.8 Å². The van der Waals surface area contributed by atoms with Crippen LogP contribution in [0.4, 0.5) is 13.2 Å². The van der Waals surface area contributed by atoms with Crippen molar-refractivity contribution in [3.05, 3.63) is 46.9 Å². The lowest BCUT2D eigenvalue weighted by atomic mass is 10.3. The van der Waals surface area contributed by atoms with Crippen molar-refractivity contribution in [3.8, 4) is 10.6 Å². The zero-order valence-electron chi connectivity index (χ0n) is 12.7. The predicted octanol–water partition coefficient (Wildman–Crippen LogP) is 3.54. The highest BCUT2D eigenvalue weighted by atomic mass is 32.2. The summed E-state index contributed by atoms with van der Waals surface area (Å²) in [6.45, 7) is 1.55. The van der Waals surface area contributed by atoms with Crippen LogP contribution in [0.25, 0.3) is 10.6 Å². The first-order chi connectivity index (χ1) is 11.7. The Bertz CT molecular complexity index is 973. The summed E-state index contributed by atoms with van der Waals surface area (Å²) >= 11 is 1.05. The van der Waals surface area contributed by atoms with Gasteiger partial charge in [0.25, 0.3) is 0 Å². The zero-order valence-corrected chi connectivity index (χ0v) is 14.3. The summed E-state index contributed by atoms with van der Waals surface area (Å²) in [5.74, 6) is 0.443. The Labute approximate surface area is 144 Å². The molecule has 0 atom stereocenters. The fourth-order valence-corrected chi connectivity index (χ4v) is 4.65. The maximum atomic E-state index is 12.6. The van der Waals surface area contributed by atoms with Gasteiger partial charge in [-0.2, -0.15) is 18.3 Å². The summed E-state index contributed by atoms with van der Waals surface area (Å²) in [6.07, 6.45) is -3.12. The molecule has 6 nitrogen and oxygen atoms in total. The first-order valence-corrected chi connectivity index (χ1v) is 9.22. The number of nitrogens with one attached hydrogen (secondary N) is 2. The summed E-state index contributed by atoms with van der Waals surface area (Å²) in [7, 11) is -3.84. The molecule has 0 aliphatic rings. The van der Waals surface area contributed by atoms with Crippen molar-refractivity contribution in [1.29, 1.82) is 0 Å². The summed E-state index contributed by atoms with van der Waals surface area (Å²) < 4.78 is 70.2. The lowest BCUT2D eigenvalue weighted by Crippen LogP contribution is -2.23. The number of nitrogens with zero attached hydrogens (tertiary/aromatic N) is 1. The lowest BCUT2D eigenvalue weighted by molar-refractivity contribution is -0.141. The van der Waals surface area contributed by atoms with Crippen molar-refractivity contribution >= 4 is 21.4 Å². The molecule has 2 N–H and O–H groups in total. The molecule has 3 rings (SSSR count). The Balaban J connectivity index is 1.85. The molecule has 11 heteroatoms. The largest absolute Gasteiger partial charge is 0.468 e. The van der Waals surface area contributed by atoms with E-state index in [1.54, 1.807) is 19.1 Å². The zero-order chi connectivity index (χ0) is 18.2. The third-order valence-electron chi connectivity index (χ3n) is 3.31. The maximum absolute atomic E-state index is 12.6. The monoisotopic (exact) mass is 391 g/mol. The second-order valence-electron chi connectivity index (χ2n) is 5.10. The fraction of sp³-hybridized carbons (Fsp3) is 0.214. The molecule has 3 aromatic rings.